The van der Waals surface area contributed by atoms with Gasteiger partial charge < -0.3 is 19.7 Å². The lowest BCUT2D eigenvalue weighted by Crippen LogP contribution is -2.49. The van der Waals surface area contributed by atoms with Crippen molar-refractivity contribution in [2.45, 2.75) is 39.8 Å². The highest BCUT2D eigenvalue weighted by Gasteiger charge is 2.26. The number of ether oxygens (including phenoxy) is 2. The molecule has 0 aliphatic heterocycles. The fraction of sp³-hybridized carbons (Fsp3) is 0.391. The molecule has 2 aromatic rings. The van der Waals surface area contributed by atoms with Gasteiger partial charge in [0.1, 0.15) is 17.5 Å². The molecule has 0 saturated heterocycles. The maximum atomic E-state index is 13.0. The second kappa shape index (κ2) is 11.6. The number of rotatable bonds is 10. The minimum absolute atomic E-state index is 0.169. The summed E-state index contributed by atoms with van der Waals surface area (Å²) in [4.78, 5) is 27.0. The lowest BCUT2D eigenvalue weighted by atomic mass is 10.1. The molecule has 0 saturated carbocycles. The molecule has 0 fully saturated rings. The van der Waals surface area contributed by atoms with Crippen LogP contribution in [0.5, 0.6) is 11.5 Å². The molecule has 6 nitrogen and oxygen atoms in total. The number of methoxy groups -OCH3 is 1. The van der Waals surface area contributed by atoms with E-state index >= 15 is 0 Å². The van der Waals surface area contributed by atoms with Crippen LogP contribution < -0.4 is 14.8 Å². The minimum atomic E-state index is -0.641. The van der Waals surface area contributed by atoms with E-state index in [9.17, 15) is 9.59 Å². The third-order valence-electron chi connectivity index (χ3n) is 4.76. The van der Waals surface area contributed by atoms with Gasteiger partial charge in [-0.25, -0.2) is 0 Å². The first-order valence-corrected chi connectivity index (χ1v) is 10.8. The van der Waals surface area contributed by atoms with Gasteiger partial charge in [0, 0.05) is 13.1 Å². The molecule has 1 atom stereocenters. The third-order valence-corrected chi connectivity index (χ3v) is 5.38. The number of nitrogens with one attached hydrogen (secondary N) is 1. The number of likely N-dealkylation sites (N-methyl/N-ethyl adjacent to an activating group) is 1. The first kappa shape index (κ1) is 23.7. The van der Waals surface area contributed by atoms with Crippen molar-refractivity contribution in [3.63, 3.8) is 0 Å². The highest BCUT2D eigenvalue weighted by Crippen LogP contribution is 2.26. The lowest BCUT2D eigenvalue weighted by Gasteiger charge is -2.28. The zero-order valence-corrected chi connectivity index (χ0v) is 19.5. The molecule has 7 heteroatoms. The monoisotopic (exact) mass is 476 g/mol. The van der Waals surface area contributed by atoms with Crippen LogP contribution in [-0.4, -0.2) is 43.0 Å². The first-order valence-electron chi connectivity index (χ1n) is 10.0. The summed E-state index contributed by atoms with van der Waals surface area (Å²) in [6.45, 7) is 6.24. The smallest absolute Gasteiger partial charge is 0.261 e. The number of amides is 2. The van der Waals surface area contributed by atoms with Crippen LogP contribution in [-0.2, 0) is 22.6 Å². The van der Waals surface area contributed by atoms with E-state index in [-0.39, 0.29) is 25.0 Å². The Hall–Kier alpha value is -2.54. The summed E-state index contributed by atoms with van der Waals surface area (Å²) in [6.07, 6.45) is 0.913. The third kappa shape index (κ3) is 6.49. The average molecular weight is 477 g/mol. The van der Waals surface area contributed by atoms with Crippen LogP contribution in [0.25, 0.3) is 0 Å². The van der Waals surface area contributed by atoms with Gasteiger partial charge in [-0.3, -0.25) is 9.59 Å². The van der Waals surface area contributed by atoms with Crippen LogP contribution in [0.4, 0.5) is 0 Å². The Bertz CT molecular complexity index is 872. The number of hydrogen-bond acceptors (Lipinski definition) is 4. The second-order valence-corrected chi connectivity index (χ2v) is 7.71. The molecule has 2 rings (SSSR count). The van der Waals surface area contributed by atoms with E-state index < -0.39 is 6.04 Å². The van der Waals surface area contributed by atoms with E-state index in [2.05, 4.69) is 28.2 Å². The van der Waals surface area contributed by atoms with Crippen molar-refractivity contribution < 1.29 is 19.1 Å². The highest BCUT2D eigenvalue weighted by molar-refractivity contribution is 9.10. The number of aryl methyl sites for hydroxylation is 1. The fourth-order valence-electron chi connectivity index (χ4n) is 2.98. The maximum absolute atomic E-state index is 13.0. The Kier molecular flexibility index (Phi) is 9.17. The van der Waals surface area contributed by atoms with E-state index in [1.54, 1.807) is 14.0 Å². The van der Waals surface area contributed by atoms with Crippen molar-refractivity contribution in [1.29, 1.82) is 0 Å². The van der Waals surface area contributed by atoms with Crippen LogP contribution in [0.2, 0.25) is 0 Å². The van der Waals surface area contributed by atoms with Gasteiger partial charge in [-0.05, 0) is 71.6 Å². The van der Waals surface area contributed by atoms with Crippen molar-refractivity contribution in [2.75, 3.05) is 20.3 Å². The molecular weight excluding hydrogens is 448 g/mol. The van der Waals surface area contributed by atoms with Crippen molar-refractivity contribution in [3.05, 3.63) is 58.1 Å². The topological polar surface area (TPSA) is 67.9 Å². The number of nitrogens with zero attached hydrogens (tertiary/aromatic N) is 1. The standard InChI is InChI=1S/C23H29BrN2O4/c1-5-17-10-11-21(20(24)13-17)30-15-22(27)26(16(3)23(28)25-6-2)14-18-8-7-9-19(12-18)29-4/h7-13,16H,5-6,14-15H2,1-4H3,(H,25,28)/t16-/m1/s1. The predicted octanol–water partition coefficient (Wildman–Crippen LogP) is 3.95. The molecule has 2 aromatic carbocycles. The zero-order chi connectivity index (χ0) is 22.1. The summed E-state index contributed by atoms with van der Waals surface area (Å²) >= 11 is 3.49. The largest absolute Gasteiger partial charge is 0.497 e. The van der Waals surface area contributed by atoms with Gasteiger partial charge in [0.25, 0.3) is 5.91 Å². The van der Waals surface area contributed by atoms with Crippen molar-refractivity contribution >= 4 is 27.7 Å². The Morgan fingerprint density at radius 2 is 1.90 bits per heavy atom. The van der Waals surface area contributed by atoms with Crippen LogP contribution in [0.3, 0.4) is 0 Å². The molecule has 0 heterocycles. The molecule has 0 bridgehead atoms. The molecule has 30 heavy (non-hydrogen) atoms. The van der Waals surface area contributed by atoms with E-state index in [4.69, 9.17) is 9.47 Å². The number of carbonyl (C=O) groups is 2. The van der Waals surface area contributed by atoms with Gasteiger partial charge in [-0.15, -0.1) is 0 Å². The molecule has 1 N–H and O–H groups in total. The normalized spacial score (nSPS) is 11.5. The SMILES string of the molecule is CCNC(=O)[C@@H](C)N(Cc1cccc(OC)c1)C(=O)COc1ccc(CC)cc1Br. The van der Waals surface area contributed by atoms with Crippen LogP contribution >= 0.6 is 15.9 Å². The fourth-order valence-corrected chi connectivity index (χ4v) is 3.52. The second-order valence-electron chi connectivity index (χ2n) is 6.85. The minimum Gasteiger partial charge on any atom is -0.497 e. The molecule has 0 spiro atoms. The summed E-state index contributed by atoms with van der Waals surface area (Å²) < 4.78 is 11.8. The van der Waals surface area contributed by atoms with E-state index in [0.717, 1.165) is 16.5 Å². The zero-order valence-electron chi connectivity index (χ0n) is 17.9. The van der Waals surface area contributed by atoms with Gasteiger partial charge in [-0.1, -0.05) is 25.1 Å². The molecular formula is C23H29BrN2O4. The summed E-state index contributed by atoms with van der Waals surface area (Å²) in [5.74, 6) is 0.805. The average Bonchev–Trinajstić information content (AvgIpc) is 2.76. The molecule has 0 aliphatic rings. The van der Waals surface area contributed by atoms with Crippen LogP contribution in [0.15, 0.2) is 46.9 Å². The summed E-state index contributed by atoms with van der Waals surface area (Å²) in [5.41, 5.74) is 2.04. The van der Waals surface area contributed by atoms with E-state index in [1.807, 2.05) is 49.4 Å². The van der Waals surface area contributed by atoms with Crippen molar-refractivity contribution in [1.82, 2.24) is 10.2 Å². The lowest BCUT2D eigenvalue weighted by molar-refractivity contribution is -0.142. The van der Waals surface area contributed by atoms with Crippen LogP contribution in [0.1, 0.15) is 31.9 Å². The number of hydrogen-bond donors (Lipinski definition) is 1. The Balaban J connectivity index is 2.17. The predicted molar refractivity (Wildman–Crippen MR) is 121 cm³/mol. The molecule has 0 aliphatic carbocycles. The quantitative estimate of drug-likeness (QED) is 0.563. The van der Waals surface area contributed by atoms with E-state index in [1.165, 1.54) is 10.5 Å². The molecule has 2 amide bonds. The number of halogens is 1. The van der Waals surface area contributed by atoms with Gasteiger partial charge >= 0.3 is 0 Å². The maximum Gasteiger partial charge on any atom is 0.261 e. The highest BCUT2D eigenvalue weighted by atomic mass is 79.9. The van der Waals surface area contributed by atoms with E-state index in [0.29, 0.717) is 18.0 Å². The van der Waals surface area contributed by atoms with Crippen LogP contribution in [0, 0.1) is 0 Å². The Labute approximate surface area is 186 Å². The van der Waals surface area contributed by atoms with Gasteiger partial charge in [0.15, 0.2) is 6.61 Å². The summed E-state index contributed by atoms with van der Waals surface area (Å²) in [5, 5.41) is 2.78. The number of carbonyl (C=O) groups excluding carboxylic acids is 2. The Morgan fingerprint density at radius 3 is 2.53 bits per heavy atom. The van der Waals surface area contributed by atoms with Gasteiger partial charge in [0.05, 0.1) is 11.6 Å². The van der Waals surface area contributed by atoms with Gasteiger partial charge in [-0.2, -0.15) is 0 Å². The van der Waals surface area contributed by atoms with Crippen molar-refractivity contribution in [2.24, 2.45) is 0 Å². The molecule has 0 aromatic heterocycles. The summed E-state index contributed by atoms with van der Waals surface area (Å²) in [6, 6.07) is 12.6. The molecule has 0 radical (unpaired) electrons. The van der Waals surface area contributed by atoms with Gasteiger partial charge in [0.2, 0.25) is 5.91 Å². The Morgan fingerprint density at radius 1 is 1.13 bits per heavy atom. The molecule has 0 unspecified atom stereocenters. The molecule has 162 valence electrons. The number of benzene rings is 2. The first-order chi connectivity index (χ1) is 14.4. The summed E-state index contributed by atoms with van der Waals surface area (Å²) in [7, 11) is 1.59. The van der Waals surface area contributed by atoms with Crippen molar-refractivity contribution in [3.8, 4) is 11.5 Å².